The fourth-order valence-electron chi connectivity index (χ4n) is 5.56. The van der Waals surface area contributed by atoms with Gasteiger partial charge in [-0.25, -0.2) is 17.7 Å². The van der Waals surface area contributed by atoms with Gasteiger partial charge < -0.3 is 9.64 Å². The molecule has 2 aliphatic rings. The largest absolute Gasteiger partial charge is 0.378 e. The first-order chi connectivity index (χ1) is 16.5. The quantitative estimate of drug-likeness (QED) is 0.554. The van der Waals surface area contributed by atoms with Crippen LogP contribution < -0.4 is 9.62 Å². The van der Waals surface area contributed by atoms with Crippen molar-refractivity contribution in [3.63, 3.8) is 0 Å². The lowest BCUT2D eigenvalue weighted by molar-refractivity contribution is -0.00215. The summed E-state index contributed by atoms with van der Waals surface area (Å²) in [6.07, 6.45) is 8.40. The minimum Gasteiger partial charge on any atom is -0.378 e. The number of aromatic nitrogens is 2. The van der Waals surface area contributed by atoms with E-state index < -0.39 is 10.0 Å². The van der Waals surface area contributed by atoms with Crippen LogP contribution in [-0.2, 0) is 14.8 Å². The van der Waals surface area contributed by atoms with E-state index in [1.165, 1.54) is 11.8 Å². The average Bonchev–Trinajstić information content (AvgIpc) is 3.33. The van der Waals surface area contributed by atoms with Gasteiger partial charge in [0.1, 0.15) is 5.82 Å². The molecule has 8 heteroatoms. The molecular weight excluding hydrogens is 448 g/mol. The predicted octanol–water partition coefficient (Wildman–Crippen LogP) is 3.82. The molecule has 1 aliphatic carbocycles. The zero-order valence-electron chi connectivity index (χ0n) is 19.7. The van der Waals surface area contributed by atoms with Gasteiger partial charge in [-0.05, 0) is 61.8 Å². The lowest BCUT2D eigenvalue weighted by Gasteiger charge is -2.40. The third-order valence-corrected chi connectivity index (χ3v) is 8.05. The number of anilines is 1. The second kappa shape index (κ2) is 10.1. The predicted molar refractivity (Wildman–Crippen MR) is 135 cm³/mol. The van der Waals surface area contributed by atoms with Crippen LogP contribution in [0.5, 0.6) is 0 Å². The molecule has 34 heavy (non-hydrogen) atoms. The summed E-state index contributed by atoms with van der Waals surface area (Å²) in [5, 5.41) is 4.48. The van der Waals surface area contributed by atoms with Crippen LogP contribution in [0.25, 0.3) is 5.52 Å². The SMILES string of the molecule is CS(=O)(=O)N[C@H]1CCN(c2cccc3ccnn23)CC1COC1CCC(c2ccccc2)CC1. The zero-order valence-corrected chi connectivity index (χ0v) is 20.5. The van der Waals surface area contributed by atoms with Crippen molar-refractivity contribution in [1.29, 1.82) is 0 Å². The van der Waals surface area contributed by atoms with Crippen LogP contribution in [-0.4, -0.2) is 56.1 Å². The van der Waals surface area contributed by atoms with Crippen molar-refractivity contribution in [2.45, 2.75) is 50.2 Å². The third kappa shape index (κ3) is 5.45. The van der Waals surface area contributed by atoms with Gasteiger partial charge in [0.05, 0.1) is 30.7 Å². The third-order valence-electron chi connectivity index (χ3n) is 7.32. The summed E-state index contributed by atoms with van der Waals surface area (Å²) in [5.74, 6) is 1.72. The van der Waals surface area contributed by atoms with Crippen LogP contribution in [0.1, 0.15) is 43.6 Å². The van der Waals surface area contributed by atoms with Gasteiger partial charge in [0.15, 0.2) is 0 Å². The van der Waals surface area contributed by atoms with E-state index >= 15 is 0 Å². The molecule has 3 aromatic rings. The summed E-state index contributed by atoms with van der Waals surface area (Å²) in [6, 6.07) is 18.8. The van der Waals surface area contributed by atoms with Crippen LogP contribution in [0.4, 0.5) is 5.82 Å². The van der Waals surface area contributed by atoms with Gasteiger partial charge in [0, 0.05) is 25.0 Å². The maximum atomic E-state index is 12.0. The van der Waals surface area contributed by atoms with E-state index in [0.717, 1.165) is 56.5 Å². The summed E-state index contributed by atoms with van der Waals surface area (Å²) in [4.78, 5) is 2.31. The molecule has 7 nitrogen and oxygen atoms in total. The summed E-state index contributed by atoms with van der Waals surface area (Å²) in [7, 11) is -3.29. The highest BCUT2D eigenvalue weighted by atomic mass is 32.2. The number of nitrogens with zero attached hydrogens (tertiary/aromatic N) is 3. The van der Waals surface area contributed by atoms with Gasteiger partial charge in [-0.3, -0.25) is 0 Å². The van der Waals surface area contributed by atoms with Crippen LogP contribution >= 0.6 is 0 Å². The smallest absolute Gasteiger partial charge is 0.208 e. The Morgan fingerprint density at radius 2 is 1.79 bits per heavy atom. The molecule has 2 aromatic heterocycles. The number of nitrogens with one attached hydrogen (secondary N) is 1. The maximum absolute atomic E-state index is 12.0. The van der Waals surface area contributed by atoms with Gasteiger partial charge in [-0.2, -0.15) is 5.10 Å². The number of sulfonamides is 1. The summed E-state index contributed by atoms with van der Waals surface area (Å²) < 4.78 is 35.3. The van der Waals surface area contributed by atoms with E-state index in [9.17, 15) is 8.42 Å². The molecule has 0 radical (unpaired) electrons. The topological polar surface area (TPSA) is 75.9 Å². The molecular formula is C26H34N4O3S. The first-order valence-electron chi connectivity index (χ1n) is 12.3. The minimum absolute atomic E-state index is 0.0705. The van der Waals surface area contributed by atoms with Gasteiger partial charge in [-0.15, -0.1) is 0 Å². The van der Waals surface area contributed by atoms with E-state index in [4.69, 9.17) is 4.74 Å². The molecule has 1 unspecified atom stereocenters. The Bertz CT molecular complexity index is 1190. The van der Waals surface area contributed by atoms with Crippen LogP contribution in [0.3, 0.4) is 0 Å². The van der Waals surface area contributed by atoms with Crippen molar-refractivity contribution in [1.82, 2.24) is 14.3 Å². The number of fused-ring (bicyclic) bond motifs is 1. The number of ether oxygens (including phenoxy) is 1. The van der Waals surface area contributed by atoms with Crippen molar-refractivity contribution >= 4 is 21.4 Å². The summed E-state index contributed by atoms with van der Waals surface area (Å²) in [5.41, 5.74) is 2.48. The lowest BCUT2D eigenvalue weighted by Crippen LogP contribution is -2.53. The first kappa shape index (κ1) is 23.3. The molecule has 182 valence electrons. The Labute approximate surface area is 202 Å². The van der Waals surface area contributed by atoms with Crippen molar-refractivity contribution in [3.8, 4) is 0 Å². The Kier molecular flexibility index (Phi) is 6.90. The number of pyridine rings is 1. The van der Waals surface area contributed by atoms with Gasteiger partial charge in [-0.1, -0.05) is 36.4 Å². The molecule has 1 aromatic carbocycles. The summed E-state index contributed by atoms with van der Waals surface area (Å²) in [6.45, 7) is 2.05. The van der Waals surface area contributed by atoms with Crippen molar-refractivity contribution in [2.75, 3.05) is 30.9 Å². The number of benzene rings is 1. The zero-order chi connectivity index (χ0) is 23.5. The molecule has 1 saturated carbocycles. The Morgan fingerprint density at radius 1 is 1.00 bits per heavy atom. The molecule has 2 fully saturated rings. The standard InChI is InChI=1S/C26H34N4O3S/c1-34(31,32)28-25-15-17-29(26-9-5-8-23-14-16-27-30(23)26)18-22(25)19-33-24-12-10-21(11-13-24)20-6-3-2-4-7-20/h2-9,14,16,21-22,24-25,28H,10-13,15,17-19H2,1H3/t21?,22?,24?,25-/m0/s1. The molecule has 1 saturated heterocycles. The highest BCUT2D eigenvalue weighted by Crippen LogP contribution is 2.34. The molecule has 5 rings (SSSR count). The van der Waals surface area contributed by atoms with Crippen LogP contribution in [0, 0.1) is 5.92 Å². The number of piperidine rings is 1. The van der Waals surface area contributed by atoms with Crippen LogP contribution in [0.2, 0.25) is 0 Å². The van der Waals surface area contributed by atoms with E-state index in [1.807, 2.05) is 28.9 Å². The maximum Gasteiger partial charge on any atom is 0.208 e. The Balaban J connectivity index is 1.24. The van der Waals surface area contributed by atoms with Gasteiger partial charge in [0.25, 0.3) is 0 Å². The highest BCUT2D eigenvalue weighted by Gasteiger charge is 2.33. The summed E-state index contributed by atoms with van der Waals surface area (Å²) >= 11 is 0. The first-order valence-corrected chi connectivity index (χ1v) is 14.2. The van der Waals surface area contributed by atoms with Crippen molar-refractivity contribution < 1.29 is 13.2 Å². The van der Waals surface area contributed by atoms with E-state index in [0.29, 0.717) is 12.5 Å². The molecule has 0 amide bonds. The minimum atomic E-state index is -3.29. The molecule has 0 bridgehead atoms. The van der Waals surface area contributed by atoms with Gasteiger partial charge in [0.2, 0.25) is 10.0 Å². The van der Waals surface area contributed by atoms with Crippen molar-refractivity contribution in [3.05, 3.63) is 66.4 Å². The monoisotopic (exact) mass is 482 g/mol. The molecule has 2 atom stereocenters. The molecule has 0 spiro atoms. The second-order valence-electron chi connectivity index (χ2n) is 9.76. The highest BCUT2D eigenvalue weighted by molar-refractivity contribution is 7.88. The number of hydrogen-bond acceptors (Lipinski definition) is 5. The molecule has 1 N–H and O–H groups in total. The number of hydrogen-bond donors (Lipinski definition) is 1. The molecule has 3 heterocycles. The number of rotatable bonds is 7. The second-order valence-corrected chi connectivity index (χ2v) is 11.5. The Hall–Kier alpha value is -2.42. The Morgan fingerprint density at radius 3 is 2.56 bits per heavy atom. The van der Waals surface area contributed by atoms with Crippen LogP contribution in [0.15, 0.2) is 60.8 Å². The normalized spacial score (nSPS) is 26.1. The fourth-order valence-corrected chi connectivity index (χ4v) is 6.42. The van der Waals surface area contributed by atoms with Crippen molar-refractivity contribution in [2.24, 2.45) is 5.92 Å². The molecule has 1 aliphatic heterocycles. The fraction of sp³-hybridized carbons (Fsp3) is 0.500. The van der Waals surface area contributed by atoms with E-state index in [1.54, 1.807) is 0 Å². The average molecular weight is 483 g/mol. The lowest BCUT2D eigenvalue weighted by atomic mass is 9.82. The van der Waals surface area contributed by atoms with Gasteiger partial charge >= 0.3 is 0 Å². The van der Waals surface area contributed by atoms with E-state index in [-0.39, 0.29) is 18.1 Å². The van der Waals surface area contributed by atoms with E-state index in [2.05, 4.69) is 51.1 Å².